The summed E-state index contributed by atoms with van der Waals surface area (Å²) in [6.45, 7) is 0. The zero-order chi connectivity index (χ0) is 17.6. The topological polar surface area (TPSA) is 77.8 Å². The lowest BCUT2D eigenvalue weighted by Crippen LogP contribution is -2.22. The van der Waals surface area contributed by atoms with Crippen molar-refractivity contribution in [2.24, 2.45) is 0 Å². The van der Waals surface area contributed by atoms with Gasteiger partial charge in [-0.1, -0.05) is 0 Å². The fraction of sp³-hybridized carbons (Fsp3) is 0. The molecule has 7 heteroatoms. The van der Waals surface area contributed by atoms with Crippen LogP contribution in [0.15, 0.2) is 53.6 Å². The van der Waals surface area contributed by atoms with E-state index < -0.39 is 23.0 Å². The second-order valence-corrected chi connectivity index (χ2v) is 5.57. The van der Waals surface area contributed by atoms with Gasteiger partial charge in [-0.25, -0.2) is 8.78 Å². The van der Waals surface area contributed by atoms with Crippen molar-refractivity contribution in [2.45, 2.75) is 0 Å². The number of carbonyl (C=O) groups excluding carboxylic acids is 1. The van der Waals surface area contributed by atoms with Crippen molar-refractivity contribution < 1.29 is 13.6 Å². The van der Waals surface area contributed by atoms with Gasteiger partial charge >= 0.3 is 0 Å². The summed E-state index contributed by atoms with van der Waals surface area (Å²) in [5.41, 5.74) is 0.128. The maximum absolute atomic E-state index is 14.1. The smallest absolute Gasteiger partial charge is 0.261 e. The summed E-state index contributed by atoms with van der Waals surface area (Å²) in [6, 6.07) is 8.09. The third-order valence-corrected chi connectivity index (χ3v) is 3.98. The standard InChI is InChI=1S/C18H11F2N3O2/c19-10-1-2-14-11(6-10)17(24)12(8-22-14)18(25)23-16-7-15-9(3-4-21-15)5-13(16)20/h1-8,21H,(H,22,24)(H,23,25). The van der Waals surface area contributed by atoms with Crippen molar-refractivity contribution in [3.63, 3.8) is 0 Å². The Morgan fingerprint density at radius 1 is 1.00 bits per heavy atom. The van der Waals surface area contributed by atoms with Gasteiger partial charge in [-0.05, 0) is 36.4 Å². The Bertz CT molecular complexity index is 1190. The Balaban J connectivity index is 1.75. The first-order chi connectivity index (χ1) is 12.0. The van der Waals surface area contributed by atoms with Crippen molar-refractivity contribution in [3.05, 3.63) is 76.2 Å². The van der Waals surface area contributed by atoms with E-state index in [1.165, 1.54) is 30.5 Å². The number of fused-ring (bicyclic) bond motifs is 2. The maximum atomic E-state index is 14.1. The van der Waals surface area contributed by atoms with E-state index in [0.29, 0.717) is 16.4 Å². The van der Waals surface area contributed by atoms with E-state index in [1.54, 1.807) is 12.3 Å². The largest absolute Gasteiger partial charge is 0.361 e. The number of hydrogen-bond donors (Lipinski definition) is 3. The lowest BCUT2D eigenvalue weighted by molar-refractivity contribution is 0.102. The number of amides is 1. The molecule has 25 heavy (non-hydrogen) atoms. The first-order valence-corrected chi connectivity index (χ1v) is 7.42. The highest BCUT2D eigenvalue weighted by Gasteiger charge is 2.16. The minimum absolute atomic E-state index is 0.0490. The van der Waals surface area contributed by atoms with Crippen molar-refractivity contribution in [1.82, 2.24) is 9.97 Å². The van der Waals surface area contributed by atoms with Crippen LogP contribution >= 0.6 is 0 Å². The van der Waals surface area contributed by atoms with Gasteiger partial charge in [0.15, 0.2) is 0 Å². The molecule has 4 aromatic rings. The van der Waals surface area contributed by atoms with E-state index in [9.17, 15) is 18.4 Å². The van der Waals surface area contributed by atoms with Crippen molar-refractivity contribution >= 4 is 33.4 Å². The third kappa shape index (κ3) is 2.55. The molecular formula is C18H11F2N3O2. The highest BCUT2D eigenvalue weighted by atomic mass is 19.1. The predicted octanol–water partition coefficient (Wildman–Crippen LogP) is 3.54. The van der Waals surface area contributed by atoms with Gasteiger partial charge < -0.3 is 15.3 Å². The van der Waals surface area contributed by atoms with Crippen LogP contribution in [0.25, 0.3) is 21.8 Å². The molecule has 0 spiro atoms. The lowest BCUT2D eigenvalue weighted by Gasteiger charge is -2.07. The summed E-state index contributed by atoms with van der Waals surface area (Å²) >= 11 is 0. The van der Waals surface area contributed by atoms with Crippen molar-refractivity contribution in [3.8, 4) is 0 Å². The van der Waals surface area contributed by atoms with Gasteiger partial charge in [0.2, 0.25) is 5.43 Å². The molecule has 2 aromatic carbocycles. The summed E-state index contributed by atoms with van der Waals surface area (Å²) in [5, 5.41) is 3.09. The van der Waals surface area contributed by atoms with E-state index in [2.05, 4.69) is 15.3 Å². The number of halogens is 2. The van der Waals surface area contributed by atoms with Gasteiger partial charge in [-0.2, -0.15) is 0 Å². The van der Waals surface area contributed by atoms with Crippen molar-refractivity contribution in [2.75, 3.05) is 5.32 Å². The van der Waals surface area contributed by atoms with Crippen LogP contribution in [-0.2, 0) is 0 Å². The molecule has 0 aliphatic rings. The van der Waals surface area contributed by atoms with E-state index in [1.807, 2.05) is 0 Å². The van der Waals surface area contributed by atoms with Crippen LogP contribution in [0.3, 0.4) is 0 Å². The Hall–Kier alpha value is -3.48. The van der Waals surface area contributed by atoms with Crippen LogP contribution in [0.1, 0.15) is 10.4 Å². The third-order valence-electron chi connectivity index (χ3n) is 3.98. The van der Waals surface area contributed by atoms with Gasteiger partial charge in [-0.3, -0.25) is 9.59 Å². The monoisotopic (exact) mass is 339 g/mol. The minimum Gasteiger partial charge on any atom is -0.361 e. The Kier molecular flexibility index (Phi) is 3.35. The van der Waals surface area contributed by atoms with Crippen LogP contribution in [0.4, 0.5) is 14.5 Å². The molecular weight excluding hydrogens is 328 g/mol. The molecule has 0 fully saturated rings. The normalized spacial score (nSPS) is 11.1. The molecule has 0 aliphatic heterocycles. The number of hydrogen-bond acceptors (Lipinski definition) is 2. The van der Waals surface area contributed by atoms with E-state index in [-0.39, 0.29) is 16.6 Å². The molecule has 0 saturated carbocycles. The lowest BCUT2D eigenvalue weighted by atomic mass is 10.1. The summed E-state index contributed by atoms with van der Waals surface area (Å²) in [6.07, 6.45) is 2.88. The number of aromatic amines is 2. The van der Waals surface area contributed by atoms with Crippen LogP contribution in [0, 0.1) is 11.6 Å². The van der Waals surface area contributed by atoms with Gasteiger partial charge in [0.1, 0.15) is 17.2 Å². The van der Waals surface area contributed by atoms with Crippen LogP contribution in [-0.4, -0.2) is 15.9 Å². The molecule has 0 unspecified atom stereocenters. The van der Waals surface area contributed by atoms with Crippen molar-refractivity contribution in [1.29, 1.82) is 0 Å². The average Bonchev–Trinajstić information content (AvgIpc) is 3.03. The fourth-order valence-corrected chi connectivity index (χ4v) is 2.72. The van der Waals surface area contributed by atoms with E-state index in [4.69, 9.17) is 0 Å². The van der Waals surface area contributed by atoms with Crippen LogP contribution < -0.4 is 10.7 Å². The highest BCUT2D eigenvalue weighted by molar-refractivity contribution is 6.06. The average molecular weight is 339 g/mol. The minimum atomic E-state index is -0.780. The number of H-pyrrole nitrogens is 2. The first-order valence-electron chi connectivity index (χ1n) is 7.42. The summed E-state index contributed by atoms with van der Waals surface area (Å²) < 4.78 is 27.5. The fourth-order valence-electron chi connectivity index (χ4n) is 2.72. The second kappa shape index (κ2) is 5.55. The van der Waals surface area contributed by atoms with Crippen LogP contribution in [0.2, 0.25) is 0 Å². The quantitative estimate of drug-likeness (QED) is 0.522. The number of nitrogens with one attached hydrogen (secondary N) is 3. The van der Waals surface area contributed by atoms with E-state index in [0.717, 1.165) is 6.07 Å². The summed E-state index contributed by atoms with van der Waals surface area (Å²) in [5.74, 6) is -1.99. The molecule has 2 aromatic heterocycles. The SMILES string of the molecule is O=C(Nc1cc2[nH]ccc2cc1F)c1c[nH]c2ccc(F)cc2c1=O. The second-order valence-electron chi connectivity index (χ2n) is 5.57. The highest BCUT2D eigenvalue weighted by Crippen LogP contribution is 2.22. The number of benzene rings is 2. The summed E-state index contributed by atoms with van der Waals surface area (Å²) in [4.78, 5) is 30.5. The zero-order valence-electron chi connectivity index (χ0n) is 12.7. The number of anilines is 1. The Morgan fingerprint density at radius 2 is 1.84 bits per heavy atom. The molecule has 4 rings (SSSR count). The molecule has 0 saturated heterocycles. The zero-order valence-corrected chi connectivity index (χ0v) is 12.7. The number of aromatic nitrogens is 2. The van der Waals surface area contributed by atoms with Gasteiger partial charge in [0.05, 0.1) is 5.69 Å². The first kappa shape index (κ1) is 15.1. The molecule has 0 aliphatic carbocycles. The van der Waals surface area contributed by atoms with E-state index >= 15 is 0 Å². The predicted molar refractivity (Wildman–Crippen MR) is 90.7 cm³/mol. The van der Waals surface area contributed by atoms with Gasteiger partial charge in [0, 0.05) is 34.2 Å². The van der Waals surface area contributed by atoms with Gasteiger partial charge in [0.25, 0.3) is 5.91 Å². The molecule has 0 bridgehead atoms. The molecule has 2 heterocycles. The summed E-state index contributed by atoms with van der Waals surface area (Å²) in [7, 11) is 0. The molecule has 0 atom stereocenters. The molecule has 5 nitrogen and oxygen atoms in total. The van der Waals surface area contributed by atoms with Crippen LogP contribution in [0.5, 0.6) is 0 Å². The molecule has 3 N–H and O–H groups in total. The maximum Gasteiger partial charge on any atom is 0.261 e. The Morgan fingerprint density at radius 3 is 2.68 bits per heavy atom. The number of pyridine rings is 1. The molecule has 124 valence electrons. The van der Waals surface area contributed by atoms with Gasteiger partial charge in [-0.15, -0.1) is 0 Å². The Labute approximate surface area is 139 Å². The molecule has 0 radical (unpaired) electrons. The number of rotatable bonds is 2. The number of carbonyl (C=O) groups is 1. The molecule has 1 amide bonds.